The number of rotatable bonds is 4. The first-order valence-corrected chi connectivity index (χ1v) is 6.09. The van der Waals surface area contributed by atoms with Gasteiger partial charge in [-0.2, -0.15) is 0 Å². The van der Waals surface area contributed by atoms with Crippen LogP contribution in [0.5, 0.6) is 5.75 Å². The number of anilines is 1. The highest BCUT2D eigenvalue weighted by atomic mass is 16.5. The Balaban J connectivity index is 2.38. The smallest absolute Gasteiger partial charge is 0.119 e. The molecule has 1 heterocycles. The molecule has 0 aliphatic heterocycles. The second-order valence-electron chi connectivity index (χ2n) is 4.14. The fraction of sp³-hybridized carbons (Fsp3) is 0.267. The molecule has 0 saturated heterocycles. The summed E-state index contributed by atoms with van der Waals surface area (Å²) in [6.07, 6.45) is 1.83. The van der Waals surface area contributed by atoms with Gasteiger partial charge >= 0.3 is 0 Å². The molecule has 1 N–H and O–H groups in total. The molecule has 1 aromatic carbocycles. The van der Waals surface area contributed by atoms with Crippen LogP contribution in [0.4, 0.5) is 5.69 Å². The SMILES string of the molecule is CCNc1ccnc(-c2ccc(OC)cc2C)c1. The first-order chi connectivity index (χ1) is 8.74. The highest BCUT2D eigenvalue weighted by Gasteiger charge is 2.05. The molecule has 0 atom stereocenters. The number of hydrogen-bond donors (Lipinski definition) is 1. The first-order valence-electron chi connectivity index (χ1n) is 6.09. The Morgan fingerprint density at radius 1 is 1.22 bits per heavy atom. The highest BCUT2D eigenvalue weighted by molar-refractivity contribution is 5.68. The van der Waals surface area contributed by atoms with Crippen LogP contribution in [0.3, 0.4) is 0 Å². The molecule has 3 heteroatoms. The zero-order chi connectivity index (χ0) is 13.0. The Morgan fingerprint density at radius 3 is 2.72 bits per heavy atom. The van der Waals surface area contributed by atoms with Crippen LogP contribution in [0, 0.1) is 6.92 Å². The third-order valence-corrected chi connectivity index (χ3v) is 2.85. The van der Waals surface area contributed by atoms with Crippen molar-refractivity contribution in [2.75, 3.05) is 19.0 Å². The Bertz CT molecular complexity index is 538. The van der Waals surface area contributed by atoms with Gasteiger partial charge in [-0.25, -0.2) is 0 Å². The summed E-state index contributed by atoms with van der Waals surface area (Å²) in [5.41, 5.74) is 4.37. The van der Waals surface area contributed by atoms with Crippen LogP contribution < -0.4 is 10.1 Å². The Kier molecular flexibility index (Phi) is 3.82. The Morgan fingerprint density at radius 2 is 2.06 bits per heavy atom. The largest absolute Gasteiger partial charge is 0.497 e. The molecule has 0 radical (unpaired) electrons. The standard InChI is InChI=1S/C15H18N2O/c1-4-16-12-7-8-17-15(10-12)14-6-5-13(18-3)9-11(14)2/h5-10H,4H2,1-3H3,(H,16,17). The third kappa shape index (κ3) is 2.62. The lowest BCUT2D eigenvalue weighted by Gasteiger charge is -2.09. The highest BCUT2D eigenvalue weighted by Crippen LogP contribution is 2.26. The van der Waals surface area contributed by atoms with Crippen molar-refractivity contribution in [1.82, 2.24) is 4.98 Å². The molecule has 0 unspecified atom stereocenters. The van der Waals surface area contributed by atoms with E-state index in [2.05, 4.69) is 30.2 Å². The zero-order valence-corrected chi connectivity index (χ0v) is 11.0. The predicted octanol–water partition coefficient (Wildman–Crippen LogP) is 3.50. The van der Waals surface area contributed by atoms with Crippen LogP contribution in [0.15, 0.2) is 36.5 Å². The van der Waals surface area contributed by atoms with Gasteiger partial charge in [0.15, 0.2) is 0 Å². The number of nitrogens with zero attached hydrogens (tertiary/aromatic N) is 1. The monoisotopic (exact) mass is 242 g/mol. The number of ether oxygens (including phenoxy) is 1. The van der Waals surface area contributed by atoms with Crippen molar-refractivity contribution >= 4 is 5.69 Å². The lowest BCUT2D eigenvalue weighted by Crippen LogP contribution is -1.97. The first kappa shape index (κ1) is 12.4. The zero-order valence-electron chi connectivity index (χ0n) is 11.0. The number of aromatic nitrogens is 1. The summed E-state index contributed by atoms with van der Waals surface area (Å²) in [6, 6.07) is 10.1. The van der Waals surface area contributed by atoms with Gasteiger partial charge in [0.1, 0.15) is 5.75 Å². The molecule has 2 rings (SSSR count). The fourth-order valence-electron chi connectivity index (χ4n) is 1.94. The average molecular weight is 242 g/mol. The molecule has 1 aromatic heterocycles. The number of benzene rings is 1. The minimum Gasteiger partial charge on any atom is -0.497 e. The van der Waals surface area contributed by atoms with Crippen LogP contribution in [0.25, 0.3) is 11.3 Å². The number of hydrogen-bond acceptors (Lipinski definition) is 3. The van der Waals surface area contributed by atoms with Gasteiger partial charge in [0.25, 0.3) is 0 Å². The number of methoxy groups -OCH3 is 1. The minimum absolute atomic E-state index is 0.874. The van der Waals surface area contributed by atoms with Crippen molar-refractivity contribution in [3.63, 3.8) is 0 Å². The quantitative estimate of drug-likeness (QED) is 0.891. The number of aryl methyl sites for hydroxylation is 1. The fourth-order valence-corrected chi connectivity index (χ4v) is 1.94. The Hall–Kier alpha value is -2.03. The summed E-state index contributed by atoms with van der Waals surface area (Å²) in [7, 11) is 1.68. The van der Waals surface area contributed by atoms with Crippen molar-refractivity contribution in [2.45, 2.75) is 13.8 Å². The molecule has 0 saturated carbocycles. The van der Waals surface area contributed by atoms with Crippen LogP contribution in [-0.2, 0) is 0 Å². The predicted molar refractivity (Wildman–Crippen MR) is 75.1 cm³/mol. The Labute approximate surface area is 108 Å². The maximum absolute atomic E-state index is 5.22. The van der Waals surface area contributed by atoms with Gasteiger partial charge in [-0.1, -0.05) is 0 Å². The molecule has 94 valence electrons. The van der Waals surface area contributed by atoms with Crippen molar-refractivity contribution in [3.8, 4) is 17.0 Å². The van der Waals surface area contributed by atoms with Gasteiger partial charge < -0.3 is 10.1 Å². The van der Waals surface area contributed by atoms with E-state index in [0.29, 0.717) is 0 Å². The van der Waals surface area contributed by atoms with Gasteiger partial charge in [0.2, 0.25) is 0 Å². The van der Waals surface area contributed by atoms with E-state index in [-0.39, 0.29) is 0 Å². The van der Waals surface area contributed by atoms with Gasteiger partial charge in [-0.3, -0.25) is 4.98 Å². The van der Waals surface area contributed by atoms with Gasteiger partial charge in [0.05, 0.1) is 12.8 Å². The molecule has 0 aliphatic rings. The van der Waals surface area contributed by atoms with Crippen molar-refractivity contribution in [1.29, 1.82) is 0 Å². The summed E-state index contributed by atoms with van der Waals surface area (Å²) >= 11 is 0. The second kappa shape index (κ2) is 5.54. The van der Waals surface area contributed by atoms with E-state index in [1.165, 1.54) is 0 Å². The summed E-state index contributed by atoms with van der Waals surface area (Å²) in [5.74, 6) is 0.874. The summed E-state index contributed by atoms with van der Waals surface area (Å²) < 4.78 is 5.22. The van der Waals surface area contributed by atoms with Crippen molar-refractivity contribution in [2.24, 2.45) is 0 Å². The second-order valence-corrected chi connectivity index (χ2v) is 4.14. The van der Waals surface area contributed by atoms with Gasteiger partial charge in [-0.05, 0) is 49.7 Å². The molecule has 18 heavy (non-hydrogen) atoms. The maximum Gasteiger partial charge on any atom is 0.119 e. The van der Waals surface area contributed by atoms with Crippen LogP contribution in [0.1, 0.15) is 12.5 Å². The molecular formula is C15H18N2O. The van der Waals surface area contributed by atoms with Crippen LogP contribution in [-0.4, -0.2) is 18.6 Å². The van der Waals surface area contributed by atoms with E-state index in [4.69, 9.17) is 4.74 Å². The lowest BCUT2D eigenvalue weighted by atomic mass is 10.0. The van der Waals surface area contributed by atoms with E-state index in [1.807, 2.05) is 30.5 Å². The van der Waals surface area contributed by atoms with E-state index in [9.17, 15) is 0 Å². The molecule has 0 aliphatic carbocycles. The third-order valence-electron chi connectivity index (χ3n) is 2.85. The molecule has 0 bridgehead atoms. The minimum atomic E-state index is 0.874. The summed E-state index contributed by atoms with van der Waals surface area (Å²) in [5, 5.41) is 3.29. The maximum atomic E-state index is 5.22. The van der Waals surface area contributed by atoms with E-state index < -0.39 is 0 Å². The van der Waals surface area contributed by atoms with E-state index in [0.717, 1.165) is 34.8 Å². The van der Waals surface area contributed by atoms with E-state index >= 15 is 0 Å². The molecular weight excluding hydrogens is 224 g/mol. The van der Waals surface area contributed by atoms with E-state index in [1.54, 1.807) is 7.11 Å². The topological polar surface area (TPSA) is 34.2 Å². The summed E-state index contributed by atoms with van der Waals surface area (Å²) in [6.45, 7) is 5.06. The van der Waals surface area contributed by atoms with Crippen molar-refractivity contribution < 1.29 is 4.74 Å². The lowest BCUT2D eigenvalue weighted by molar-refractivity contribution is 0.414. The molecule has 0 spiro atoms. The van der Waals surface area contributed by atoms with Gasteiger partial charge in [-0.15, -0.1) is 0 Å². The number of pyridine rings is 1. The number of nitrogens with one attached hydrogen (secondary N) is 1. The molecule has 0 amide bonds. The molecule has 0 fully saturated rings. The molecule has 2 aromatic rings. The average Bonchev–Trinajstić information content (AvgIpc) is 2.39. The summed E-state index contributed by atoms with van der Waals surface area (Å²) in [4.78, 5) is 4.43. The molecule has 3 nitrogen and oxygen atoms in total. The normalized spacial score (nSPS) is 10.2. The van der Waals surface area contributed by atoms with Crippen molar-refractivity contribution in [3.05, 3.63) is 42.1 Å². The van der Waals surface area contributed by atoms with Crippen LogP contribution >= 0.6 is 0 Å². The van der Waals surface area contributed by atoms with Crippen LogP contribution in [0.2, 0.25) is 0 Å². The van der Waals surface area contributed by atoms with Gasteiger partial charge in [0, 0.05) is 24.0 Å².